The summed E-state index contributed by atoms with van der Waals surface area (Å²) in [7, 11) is 2.00. The standard InChI is InChI=1S/C13H20N2O/c1-14-9-12-6-4-8-15(12)10-11-5-2-3-7-13(11)16/h2-3,5,7,12,14,16H,4,6,8-10H2,1H3. The Morgan fingerprint density at radius 3 is 3.00 bits per heavy atom. The SMILES string of the molecule is CNCC1CCCN1Cc1ccccc1O. The number of rotatable bonds is 4. The molecule has 1 aromatic rings. The predicted molar refractivity (Wildman–Crippen MR) is 65.5 cm³/mol. The fourth-order valence-electron chi connectivity index (χ4n) is 2.43. The van der Waals surface area contributed by atoms with Crippen LogP contribution in [0.25, 0.3) is 0 Å². The molecule has 88 valence electrons. The van der Waals surface area contributed by atoms with Crippen LogP contribution in [0, 0.1) is 0 Å². The quantitative estimate of drug-likeness (QED) is 0.808. The Kier molecular flexibility index (Phi) is 3.80. The highest BCUT2D eigenvalue weighted by molar-refractivity contribution is 5.31. The summed E-state index contributed by atoms with van der Waals surface area (Å²) >= 11 is 0. The zero-order valence-electron chi connectivity index (χ0n) is 9.82. The normalized spacial score (nSPS) is 21.4. The first-order chi connectivity index (χ1) is 7.81. The lowest BCUT2D eigenvalue weighted by Gasteiger charge is -2.24. The molecule has 0 amide bonds. The lowest BCUT2D eigenvalue weighted by molar-refractivity contribution is 0.239. The van der Waals surface area contributed by atoms with Gasteiger partial charge in [0, 0.05) is 24.7 Å². The van der Waals surface area contributed by atoms with Gasteiger partial charge in [-0.2, -0.15) is 0 Å². The fraction of sp³-hybridized carbons (Fsp3) is 0.538. The van der Waals surface area contributed by atoms with E-state index in [9.17, 15) is 5.11 Å². The smallest absolute Gasteiger partial charge is 0.120 e. The molecule has 0 radical (unpaired) electrons. The van der Waals surface area contributed by atoms with Crippen molar-refractivity contribution in [1.29, 1.82) is 0 Å². The van der Waals surface area contributed by atoms with Crippen LogP contribution in [0.3, 0.4) is 0 Å². The van der Waals surface area contributed by atoms with Crippen molar-refractivity contribution in [3.63, 3.8) is 0 Å². The Bertz CT molecular complexity index is 340. The minimum Gasteiger partial charge on any atom is -0.508 e. The van der Waals surface area contributed by atoms with Crippen molar-refractivity contribution in [2.45, 2.75) is 25.4 Å². The molecule has 3 heteroatoms. The van der Waals surface area contributed by atoms with E-state index in [-0.39, 0.29) is 0 Å². The molecule has 3 nitrogen and oxygen atoms in total. The predicted octanol–water partition coefficient (Wildman–Crippen LogP) is 1.58. The zero-order valence-corrected chi connectivity index (χ0v) is 9.82. The van der Waals surface area contributed by atoms with Gasteiger partial charge in [0.2, 0.25) is 0 Å². The fourth-order valence-corrected chi connectivity index (χ4v) is 2.43. The highest BCUT2D eigenvalue weighted by Gasteiger charge is 2.24. The molecule has 1 heterocycles. The van der Waals surface area contributed by atoms with Gasteiger partial charge in [-0.1, -0.05) is 18.2 Å². The third-order valence-corrected chi connectivity index (χ3v) is 3.30. The van der Waals surface area contributed by atoms with Crippen molar-refractivity contribution >= 4 is 0 Å². The Hall–Kier alpha value is -1.06. The van der Waals surface area contributed by atoms with E-state index in [2.05, 4.69) is 10.2 Å². The maximum atomic E-state index is 9.74. The molecule has 2 rings (SSSR count). The maximum absolute atomic E-state index is 9.74. The maximum Gasteiger partial charge on any atom is 0.120 e. The van der Waals surface area contributed by atoms with Crippen molar-refractivity contribution in [2.75, 3.05) is 20.1 Å². The summed E-state index contributed by atoms with van der Waals surface area (Å²) in [5.74, 6) is 0.414. The first-order valence-corrected chi connectivity index (χ1v) is 5.97. The van der Waals surface area contributed by atoms with E-state index < -0.39 is 0 Å². The van der Waals surface area contributed by atoms with Crippen LogP contribution in [-0.2, 0) is 6.54 Å². The van der Waals surface area contributed by atoms with Gasteiger partial charge in [-0.25, -0.2) is 0 Å². The summed E-state index contributed by atoms with van der Waals surface area (Å²) in [5, 5.41) is 13.0. The third-order valence-electron chi connectivity index (χ3n) is 3.30. The van der Waals surface area contributed by atoms with Gasteiger partial charge in [-0.3, -0.25) is 4.90 Å². The van der Waals surface area contributed by atoms with E-state index in [0.717, 1.165) is 25.2 Å². The number of benzene rings is 1. The van der Waals surface area contributed by atoms with Crippen molar-refractivity contribution in [3.8, 4) is 5.75 Å². The number of hydrogen-bond acceptors (Lipinski definition) is 3. The number of para-hydroxylation sites is 1. The molecule has 1 unspecified atom stereocenters. The number of likely N-dealkylation sites (N-methyl/N-ethyl adjacent to an activating group) is 1. The first-order valence-electron chi connectivity index (χ1n) is 5.97. The molecule has 1 aliphatic rings. The molecular formula is C13H20N2O. The van der Waals surface area contributed by atoms with Crippen LogP contribution in [0.15, 0.2) is 24.3 Å². The summed E-state index contributed by atoms with van der Waals surface area (Å²) in [6.07, 6.45) is 2.52. The average Bonchev–Trinajstić information content (AvgIpc) is 2.70. The Balaban J connectivity index is 2.01. The van der Waals surface area contributed by atoms with Gasteiger partial charge in [0.25, 0.3) is 0 Å². The van der Waals surface area contributed by atoms with Gasteiger partial charge in [0.1, 0.15) is 5.75 Å². The summed E-state index contributed by atoms with van der Waals surface area (Å²) in [6.45, 7) is 3.04. The average molecular weight is 220 g/mol. The van der Waals surface area contributed by atoms with Gasteiger partial charge in [0.15, 0.2) is 0 Å². The van der Waals surface area contributed by atoms with Crippen LogP contribution in [0.1, 0.15) is 18.4 Å². The number of phenols is 1. The van der Waals surface area contributed by atoms with Gasteiger partial charge < -0.3 is 10.4 Å². The molecule has 1 aromatic carbocycles. The zero-order chi connectivity index (χ0) is 11.4. The van der Waals surface area contributed by atoms with E-state index in [4.69, 9.17) is 0 Å². The molecule has 16 heavy (non-hydrogen) atoms. The molecule has 0 aliphatic carbocycles. The molecule has 1 saturated heterocycles. The molecular weight excluding hydrogens is 200 g/mol. The summed E-state index contributed by atoms with van der Waals surface area (Å²) < 4.78 is 0. The second-order valence-electron chi connectivity index (χ2n) is 4.45. The van der Waals surface area contributed by atoms with Crippen LogP contribution < -0.4 is 5.32 Å². The van der Waals surface area contributed by atoms with Crippen LogP contribution >= 0.6 is 0 Å². The van der Waals surface area contributed by atoms with E-state index in [1.54, 1.807) is 6.07 Å². The highest BCUT2D eigenvalue weighted by Crippen LogP contribution is 2.23. The Morgan fingerprint density at radius 2 is 2.25 bits per heavy atom. The number of phenolic OH excluding ortho intramolecular Hbond substituents is 1. The van der Waals surface area contributed by atoms with Gasteiger partial charge in [-0.05, 0) is 32.5 Å². The van der Waals surface area contributed by atoms with Crippen LogP contribution in [-0.4, -0.2) is 36.2 Å². The van der Waals surface area contributed by atoms with Crippen molar-refractivity contribution < 1.29 is 5.11 Å². The largest absolute Gasteiger partial charge is 0.508 e. The second kappa shape index (κ2) is 5.32. The molecule has 0 spiro atoms. The number of likely N-dealkylation sites (tertiary alicyclic amines) is 1. The van der Waals surface area contributed by atoms with Crippen LogP contribution in [0.2, 0.25) is 0 Å². The van der Waals surface area contributed by atoms with Crippen LogP contribution in [0.4, 0.5) is 0 Å². The Labute approximate surface area is 97.1 Å². The van der Waals surface area contributed by atoms with E-state index in [1.165, 1.54) is 12.8 Å². The van der Waals surface area contributed by atoms with Gasteiger partial charge >= 0.3 is 0 Å². The minimum atomic E-state index is 0.414. The Morgan fingerprint density at radius 1 is 1.44 bits per heavy atom. The molecule has 0 saturated carbocycles. The molecule has 1 atom stereocenters. The van der Waals surface area contributed by atoms with Gasteiger partial charge in [-0.15, -0.1) is 0 Å². The molecule has 2 N–H and O–H groups in total. The molecule has 0 aromatic heterocycles. The van der Waals surface area contributed by atoms with Crippen molar-refractivity contribution in [2.24, 2.45) is 0 Å². The van der Waals surface area contributed by atoms with E-state index in [0.29, 0.717) is 11.8 Å². The second-order valence-corrected chi connectivity index (χ2v) is 4.45. The molecule has 1 aliphatic heterocycles. The number of nitrogens with one attached hydrogen (secondary N) is 1. The third kappa shape index (κ3) is 2.54. The highest BCUT2D eigenvalue weighted by atomic mass is 16.3. The van der Waals surface area contributed by atoms with E-state index in [1.807, 2.05) is 25.2 Å². The minimum absolute atomic E-state index is 0.414. The summed E-state index contributed by atoms with van der Waals surface area (Å²) in [5.41, 5.74) is 1.03. The van der Waals surface area contributed by atoms with Crippen molar-refractivity contribution in [1.82, 2.24) is 10.2 Å². The summed E-state index contributed by atoms with van der Waals surface area (Å²) in [4.78, 5) is 2.45. The number of nitrogens with zero attached hydrogens (tertiary/aromatic N) is 1. The molecule has 0 bridgehead atoms. The van der Waals surface area contributed by atoms with Gasteiger partial charge in [0.05, 0.1) is 0 Å². The molecule has 1 fully saturated rings. The summed E-state index contributed by atoms with van der Waals surface area (Å²) in [6, 6.07) is 8.24. The number of aromatic hydroxyl groups is 1. The topological polar surface area (TPSA) is 35.5 Å². The first kappa shape index (κ1) is 11.4. The number of hydrogen-bond donors (Lipinski definition) is 2. The van der Waals surface area contributed by atoms with E-state index >= 15 is 0 Å². The lowest BCUT2D eigenvalue weighted by Crippen LogP contribution is -2.36. The van der Waals surface area contributed by atoms with Crippen LogP contribution in [0.5, 0.6) is 5.75 Å². The van der Waals surface area contributed by atoms with Crippen molar-refractivity contribution in [3.05, 3.63) is 29.8 Å². The lowest BCUT2D eigenvalue weighted by atomic mass is 10.1. The monoisotopic (exact) mass is 220 g/mol.